The van der Waals surface area contributed by atoms with E-state index in [2.05, 4.69) is 12.1 Å². The van der Waals surface area contributed by atoms with Crippen molar-refractivity contribution in [1.82, 2.24) is 0 Å². The van der Waals surface area contributed by atoms with E-state index in [1.807, 2.05) is 18.2 Å². The lowest BCUT2D eigenvalue weighted by molar-refractivity contribution is -0.195. The molecule has 4 nitrogen and oxygen atoms in total. The van der Waals surface area contributed by atoms with Gasteiger partial charge in [0.05, 0.1) is 0 Å². The molecule has 0 N–H and O–H groups in total. The first kappa shape index (κ1) is 15.7. The molecule has 1 saturated heterocycles. The van der Waals surface area contributed by atoms with Gasteiger partial charge in [-0.3, -0.25) is 0 Å². The second-order valence-corrected chi connectivity index (χ2v) is 8.61. The number of hydrogen-bond donors (Lipinski definition) is 0. The summed E-state index contributed by atoms with van der Waals surface area (Å²) in [6.45, 7) is 0. The van der Waals surface area contributed by atoms with Crippen LogP contribution in [0.15, 0.2) is 30.3 Å². The van der Waals surface area contributed by atoms with Crippen LogP contribution in [0.25, 0.3) is 0 Å². The van der Waals surface area contributed by atoms with Crippen LogP contribution in [-0.4, -0.2) is 42.4 Å². The highest BCUT2D eigenvalue weighted by molar-refractivity contribution is 6.70. The molecule has 1 atom stereocenters. The molecule has 1 fully saturated rings. The topological polar surface area (TPSA) is 36.9 Å². The molecule has 0 bridgehead atoms. The van der Waals surface area contributed by atoms with Crippen LogP contribution in [-0.2, 0) is 18.3 Å². The van der Waals surface area contributed by atoms with E-state index in [4.69, 9.17) is 18.3 Å². The molecule has 1 aromatic rings. The second kappa shape index (κ2) is 6.36. The van der Waals surface area contributed by atoms with Crippen molar-refractivity contribution in [3.05, 3.63) is 35.9 Å². The number of benzene rings is 1. The van der Waals surface area contributed by atoms with Gasteiger partial charge in [0, 0.05) is 34.4 Å². The zero-order valence-electron chi connectivity index (χ0n) is 12.7. The predicted octanol–water partition coefficient (Wildman–Crippen LogP) is 2.83. The third-order valence-corrected chi connectivity index (χ3v) is 8.61. The molecule has 5 heteroatoms. The average Bonchev–Trinajstić information content (AvgIpc) is 2.54. The van der Waals surface area contributed by atoms with E-state index in [-0.39, 0.29) is 5.92 Å². The van der Waals surface area contributed by atoms with E-state index in [9.17, 15) is 0 Å². The minimum atomic E-state index is -2.60. The second-order valence-electron chi connectivity index (χ2n) is 5.09. The van der Waals surface area contributed by atoms with Crippen LogP contribution in [0.3, 0.4) is 0 Å². The summed E-state index contributed by atoms with van der Waals surface area (Å²) in [6.07, 6.45) is 2.06. The number of methoxy groups -OCH3 is 2. The lowest BCUT2D eigenvalue weighted by Gasteiger charge is -2.50. The maximum absolute atomic E-state index is 5.88. The lowest BCUT2D eigenvalue weighted by atomic mass is 9.93. The van der Waals surface area contributed by atoms with E-state index in [0.29, 0.717) is 0 Å². The molecule has 1 aromatic carbocycles. The molecule has 1 aliphatic heterocycles. The van der Waals surface area contributed by atoms with Crippen molar-refractivity contribution in [2.45, 2.75) is 30.2 Å². The summed E-state index contributed by atoms with van der Waals surface area (Å²) in [6, 6.07) is 11.2. The molecular formula is C15H24O4Si. The van der Waals surface area contributed by atoms with Gasteiger partial charge < -0.3 is 18.3 Å². The van der Waals surface area contributed by atoms with E-state index in [1.165, 1.54) is 5.56 Å². The third kappa shape index (κ3) is 2.23. The first-order chi connectivity index (χ1) is 9.69. The van der Waals surface area contributed by atoms with E-state index in [0.717, 1.165) is 18.9 Å². The highest BCUT2D eigenvalue weighted by Gasteiger charge is 2.65. The zero-order chi connectivity index (χ0) is 14.6. The number of rotatable bonds is 5. The van der Waals surface area contributed by atoms with Gasteiger partial charge in [0.15, 0.2) is 0 Å². The van der Waals surface area contributed by atoms with Crippen molar-refractivity contribution in [1.29, 1.82) is 0 Å². The summed E-state index contributed by atoms with van der Waals surface area (Å²) in [5, 5.41) is 0. The highest BCUT2D eigenvalue weighted by atomic mass is 28.4. The summed E-state index contributed by atoms with van der Waals surface area (Å²) < 4.78 is 23.5. The molecule has 1 unspecified atom stereocenters. The Balaban J connectivity index is 2.50. The normalized spacial score (nSPS) is 24.5. The monoisotopic (exact) mass is 296 g/mol. The van der Waals surface area contributed by atoms with Crippen molar-refractivity contribution in [3.63, 3.8) is 0 Å². The van der Waals surface area contributed by atoms with Crippen LogP contribution in [0.4, 0.5) is 0 Å². The fraction of sp³-hybridized carbons (Fsp3) is 0.600. The summed E-state index contributed by atoms with van der Waals surface area (Å²) in [5.41, 5.74) is 0.401. The van der Waals surface area contributed by atoms with Crippen molar-refractivity contribution in [3.8, 4) is 0 Å². The Bertz CT molecular complexity index is 415. The maximum atomic E-state index is 5.88. The van der Waals surface area contributed by atoms with Crippen LogP contribution < -0.4 is 0 Å². The molecule has 2 rings (SSSR count). The van der Waals surface area contributed by atoms with Gasteiger partial charge in [0.25, 0.3) is 0 Å². The van der Waals surface area contributed by atoms with E-state index in [1.54, 1.807) is 28.4 Å². The molecule has 1 heterocycles. The van der Waals surface area contributed by atoms with Gasteiger partial charge in [-0.25, -0.2) is 0 Å². The highest BCUT2D eigenvalue weighted by Crippen LogP contribution is 2.48. The van der Waals surface area contributed by atoms with Crippen LogP contribution in [0.2, 0.25) is 6.04 Å². The Labute approximate surface area is 122 Å². The van der Waals surface area contributed by atoms with Crippen LogP contribution >= 0.6 is 0 Å². The summed E-state index contributed by atoms with van der Waals surface area (Å²) >= 11 is 0. The molecule has 0 radical (unpaired) electrons. The van der Waals surface area contributed by atoms with Gasteiger partial charge in [0.2, 0.25) is 5.41 Å². The molecular weight excluding hydrogens is 272 g/mol. The first-order valence-corrected chi connectivity index (χ1v) is 8.97. The molecule has 20 heavy (non-hydrogen) atoms. The first-order valence-electron chi connectivity index (χ1n) is 6.95. The SMILES string of the molecule is COC1(OC)C(c2ccccc2)CCC[Si]1(OC)OC. The third-order valence-electron chi connectivity index (χ3n) is 4.46. The Morgan fingerprint density at radius 2 is 1.60 bits per heavy atom. The van der Waals surface area contributed by atoms with Crippen molar-refractivity contribution >= 4 is 8.56 Å². The van der Waals surface area contributed by atoms with Crippen LogP contribution in [0.1, 0.15) is 24.3 Å². The van der Waals surface area contributed by atoms with Gasteiger partial charge in [0.1, 0.15) is 0 Å². The maximum Gasteiger partial charge on any atom is 0.400 e. The van der Waals surface area contributed by atoms with Crippen LogP contribution in [0.5, 0.6) is 0 Å². The fourth-order valence-corrected chi connectivity index (χ4v) is 7.12. The predicted molar refractivity (Wildman–Crippen MR) is 79.7 cm³/mol. The molecule has 0 saturated carbocycles. The van der Waals surface area contributed by atoms with Gasteiger partial charge in [-0.15, -0.1) is 0 Å². The Morgan fingerprint density at radius 3 is 2.10 bits per heavy atom. The minimum absolute atomic E-state index is 0.124. The van der Waals surface area contributed by atoms with Crippen molar-refractivity contribution < 1.29 is 18.3 Å². The molecule has 1 aliphatic rings. The Kier molecular flexibility index (Phi) is 4.98. The van der Waals surface area contributed by atoms with Gasteiger partial charge in [-0.2, -0.15) is 0 Å². The number of ether oxygens (including phenoxy) is 2. The van der Waals surface area contributed by atoms with Gasteiger partial charge in [-0.05, 0) is 18.0 Å². The summed E-state index contributed by atoms with van der Waals surface area (Å²) in [5.74, 6) is 0.124. The van der Waals surface area contributed by atoms with Crippen molar-refractivity contribution in [2.24, 2.45) is 0 Å². The lowest BCUT2D eigenvalue weighted by Crippen LogP contribution is -2.68. The number of hydrogen-bond acceptors (Lipinski definition) is 4. The standard InChI is InChI=1S/C15H24O4Si/c1-16-15(17-2)14(13-9-6-5-7-10-13)11-8-12-20(15,18-3)19-4/h5-7,9-10,14H,8,11-12H2,1-4H3. The fourth-order valence-electron chi connectivity index (χ4n) is 3.49. The Hall–Kier alpha value is -0.723. The molecule has 0 spiro atoms. The Morgan fingerprint density at radius 1 is 1.00 bits per heavy atom. The molecule has 112 valence electrons. The van der Waals surface area contributed by atoms with Gasteiger partial charge in [-0.1, -0.05) is 36.8 Å². The van der Waals surface area contributed by atoms with E-state index < -0.39 is 14.0 Å². The smallest absolute Gasteiger partial charge is 0.395 e. The minimum Gasteiger partial charge on any atom is -0.395 e. The summed E-state index contributed by atoms with van der Waals surface area (Å²) in [4.78, 5) is 0. The molecule has 0 aliphatic carbocycles. The average molecular weight is 296 g/mol. The van der Waals surface area contributed by atoms with Crippen molar-refractivity contribution in [2.75, 3.05) is 28.4 Å². The van der Waals surface area contributed by atoms with E-state index >= 15 is 0 Å². The molecule has 0 aromatic heterocycles. The summed E-state index contributed by atoms with van der Waals surface area (Å²) in [7, 11) is 4.18. The molecule has 0 amide bonds. The largest absolute Gasteiger partial charge is 0.400 e. The van der Waals surface area contributed by atoms with Gasteiger partial charge >= 0.3 is 8.56 Å². The quantitative estimate of drug-likeness (QED) is 0.618. The van der Waals surface area contributed by atoms with Crippen LogP contribution in [0, 0.1) is 0 Å². The zero-order valence-corrected chi connectivity index (χ0v) is 13.7.